The fraction of sp³-hybridized carbons (Fsp3) is 0.417. The molecule has 2 aromatic rings. The van der Waals surface area contributed by atoms with Crippen LogP contribution in [-0.2, 0) is 4.79 Å². The summed E-state index contributed by atoms with van der Waals surface area (Å²) in [6.45, 7) is 4.39. The molecule has 2 saturated heterocycles. The zero-order valence-corrected chi connectivity index (χ0v) is 17.4. The molecule has 0 spiro atoms. The predicted molar refractivity (Wildman–Crippen MR) is 117 cm³/mol. The van der Waals surface area contributed by atoms with Crippen LogP contribution in [0.15, 0.2) is 54.6 Å². The van der Waals surface area contributed by atoms with Crippen LogP contribution in [0.1, 0.15) is 36.5 Å². The second-order valence-electron chi connectivity index (χ2n) is 7.87. The third-order valence-electron chi connectivity index (χ3n) is 5.86. The van der Waals surface area contributed by atoms with Crippen LogP contribution < -0.4 is 10.1 Å². The van der Waals surface area contributed by atoms with Crippen LogP contribution >= 0.6 is 0 Å². The Morgan fingerprint density at radius 1 is 1.03 bits per heavy atom. The molecular weight excluding hydrogens is 378 g/mol. The van der Waals surface area contributed by atoms with E-state index in [1.807, 2.05) is 60.4 Å². The van der Waals surface area contributed by atoms with Gasteiger partial charge in [-0.15, -0.1) is 0 Å². The first-order chi connectivity index (χ1) is 14.7. The molecule has 158 valence electrons. The van der Waals surface area contributed by atoms with Gasteiger partial charge in [-0.1, -0.05) is 30.3 Å². The van der Waals surface area contributed by atoms with Crippen molar-refractivity contribution in [2.75, 3.05) is 31.6 Å². The fourth-order valence-electron chi connectivity index (χ4n) is 4.41. The molecule has 2 amide bonds. The molecule has 0 aromatic heterocycles. The highest BCUT2D eigenvalue weighted by Gasteiger charge is 2.39. The summed E-state index contributed by atoms with van der Waals surface area (Å²) < 4.78 is 5.63. The zero-order chi connectivity index (χ0) is 20.9. The van der Waals surface area contributed by atoms with E-state index >= 15 is 0 Å². The van der Waals surface area contributed by atoms with E-state index in [1.165, 1.54) is 0 Å². The molecule has 30 heavy (non-hydrogen) atoms. The maximum absolute atomic E-state index is 13.3. The average Bonchev–Trinajstić information content (AvgIpc) is 3.44. The third-order valence-corrected chi connectivity index (χ3v) is 5.86. The molecule has 0 radical (unpaired) electrons. The minimum atomic E-state index is -0.386. The van der Waals surface area contributed by atoms with Gasteiger partial charge in [0.15, 0.2) is 0 Å². The van der Waals surface area contributed by atoms with Crippen molar-refractivity contribution in [2.24, 2.45) is 0 Å². The summed E-state index contributed by atoms with van der Waals surface area (Å²) >= 11 is 0. The average molecular weight is 408 g/mol. The number of ether oxygens (including phenoxy) is 1. The maximum Gasteiger partial charge on any atom is 0.258 e. The molecule has 0 bridgehead atoms. The number of nitrogens with one attached hydrogen (secondary N) is 1. The van der Waals surface area contributed by atoms with Gasteiger partial charge in [-0.2, -0.15) is 0 Å². The molecule has 2 unspecified atom stereocenters. The highest BCUT2D eigenvalue weighted by Crippen LogP contribution is 2.27. The van der Waals surface area contributed by atoms with E-state index in [0.717, 1.165) is 25.1 Å². The summed E-state index contributed by atoms with van der Waals surface area (Å²) in [4.78, 5) is 30.2. The Labute approximate surface area is 177 Å². The number of hydrogen-bond donors (Lipinski definition) is 1. The highest BCUT2D eigenvalue weighted by molar-refractivity contribution is 6.00. The number of rotatable bonds is 6. The first kappa shape index (κ1) is 20.3. The van der Waals surface area contributed by atoms with Gasteiger partial charge in [-0.25, -0.2) is 0 Å². The minimum Gasteiger partial charge on any atom is -0.493 e. The molecular formula is C24H29N3O3. The lowest BCUT2D eigenvalue weighted by molar-refractivity contribution is -0.134. The number of para-hydroxylation sites is 2. The topological polar surface area (TPSA) is 61.9 Å². The number of hydrogen-bond acceptors (Lipinski definition) is 4. The van der Waals surface area contributed by atoms with E-state index in [1.54, 1.807) is 11.0 Å². The third kappa shape index (κ3) is 4.27. The van der Waals surface area contributed by atoms with E-state index in [2.05, 4.69) is 5.32 Å². The molecule has 4 rings (SSSR count). The zero-order valence-electron chi connectivity index (χ0n) is 17.4. The van der Waals surface area contributed by atoms with E-state index in [4.69, 9.17) is 4.74 Å². The van der Waals surface area contributed by atoms with Crippen molar-refractivity contribution in [1.29, 1.82) is 0 Å². The largest absolute Gasteiger partial charge is 0.493 e. The lowest BCUT2D eigenvalue weighted by Gasteiger charge is -2.28. The van der Waals surface area contributed by atoms with Crippen molar-refractivity contribution in [1.82, 2.24) is 9.80 Å². The summed E-state index contributed by atoms with van der Waals surface area (Å²) in [5.41, 5.74) is 1.60. The van der Waals surface area contributed by atoms with Gasteiger partial charge < -0.3 is 19.9 Å². The molecule has 2 atom stereocenters. The van der Waals surface area contributed by atoms with E-state index in [0.29, 0.717) is 37.4 Å². The van der Waals surface area contributed by atoms with Crippen molar-refractivity contribution >= 4 is 17.5 Å². The van der Waals surface area contributed by atoms with Crippen molar-refractivity contribution < 1.29 is 14.3 Å². The molecule has 2 aliphatic rings. The molecule has 2 fully saturated rings. The lowest BCUT2D eigenvalue weighted by Crippen LogP contribution is -2.47. The molecule has 1 N–H and O–H groups in total. The number of anilines is 1. The molecule has 6 heteroatoms. The van der Waals surface area contributed by atoms with E-state index in [9.17, 15) is 9.59 Å². The second-order valence-corrected chi connectivity index (χ2v) is 7.87. The van der Waals surface area contributed by atoms with Gasteiger partial charge in [0.1, 0.15) is 11.8 Å². The molecule has 6 nitrogen and oxygen atoms in total. The second kappa shape index (κ2) is 9.20. The SMILES string of the molecule is CCOc1ccccc1C(=O)N1CCCC1C(=O)N1CCC(Nc2ccccc2)C1. The Kier molecular flexibility index (Phi) is 6.21. The van der Waals surface area contributed by atoms with Crippen molar-refractivity contribution in [3.63, 3.8) is 0 Å². The van der Waals surface area contributed by atoms with E-state index in [-0.39, 0.29) is 23.9 Å². The summed E-state index contributed by atoms with van der Waals surface area (Å²) in [7, 11) is 0. The van der Waals surface area contributed by atoms with E-state index < -0.39 is 0 Å². The number of nitrogens with zero attached hydrogens (tertiary/aromatic N) is 2. The summed E-state index contributed by atoms with van der Waals surface area (Å²) in [5.74, 6) is 0.525. The number of carbonyl (C=O) groups excluding carboxylic acids is 2. The number of amides is 2. The van der Waals surface area contributed by atoms with Gasteiger partial charge in [-0.05, 0) is 50.5 Å². The number of likely N-dealkylation sites (tertiary alicyclic amines) is 2. The molecule has 2 aliphatic heterocycles. The molecule has 2 aromatic carbocycles. The normalized spacial score (nSPS) is 21.0. The van der Waals surface area contributed by atoms with Gasteiger partial charge in [-0.3, -0.25) is 9.59 Å². The quantitative estimate of drug-likeness (QED) is 0.797. The van der Waals surface area contributed by atoms with Gasteiger partial charge in [0.2, 0.25) is 5.91 Å². The van der Waals surface area contributed by atoms with Gasteiger partial charge in [0.05, 0.1) is 12.2 Å². The highest BCUT2D eigenvalue weighted by atomic mass is 16.5. The van der Waals surface area contributed by atoms with Crippen LogP contribution in [0.4, 0.5) is 5.69 Å². The summed E-state index contributed by atoms with van der Waals surface area (Å²) in [6, 6.07) is 17.2. The summed E-state index contributed by atoms with van der Waals surface area (Å²) in [5, 5.41) is 3.51. The minimum absolute atomic E-state index is 0.0621. The Morgan fingerprint density at radius 2 is 1.80 bits per heavy atom. The van der Waals surface area contributed by atoms with Crippen molar-refractivity contribution in [3.05, 3.63) is 60.2 Å². The standard InChI is InChI=1S/C24H29N3O3/c1-2-30-22-13-7-6-11-20(22)23(28)27-15-8-12-21(27)24(29)26-16-14-19(17-26)25-18-9-4-3-5-10-18/h3-7,9-11,13,19,21,25H,2,8,12,14-17H2,1H3. The van der Waals surface area contributed by atoms with Crippen LogP contribution in [-0.4, -0.2) is 59.9 Å². The first-order valence-electron chi connectivity index (χ1n) is 10.8. The Bertz CT molecular complexity index is 886. The van der Waals surface area contributed by atoms with Crippen LogP contribution in [0.5, 0.6) is 5.75 Å². The summed E-state index contributed by atoms with van der Waals surface area (Å²) in [6.07, 6.45) is 2.47. The smallest absolute Gasteiger partial charge is 0.258 e. The first-order valence-corrected chi connectivity index (χ1v) is 10.8. The molecule has 0 saturated carbocycles. The van der Waals surface area contributed by atoms with Crippen molar-refractivity contribution in [3.8, 4) is 5.75 Å². The van der Waals surface area contributed by atoms with Crippen LogP contribution in [0.3, 0.4) is 0 Å². The maximum atomic E-state index is 13.3. The number of benzene rings is 2. The predicted octanol–water partition coefficient (Wildman–Crippen LogP) is 3.40. The van der Waals surface area contributed by atoms with Gasteiger partial charge in [0, 0.05) is 31.4 Å². The molecule has 2 heterocycles. The fourth-order valence-corrected chi connectivity index (χ4v) is 4.41. The lowest BCUT2D eigenvalue weighted by atomic mass is 10.1. The van der Waals surface area contributed by atoms with Crippen LogP contribution in [0.25, 0.3) is 0 Å². The van der Waals surface area contributed by atoms with Crippen LogP contribution in [0, 0.1) is 0 Å². The van der Waals surface area contributed by atoms with Crippen molar-refractivity contribution in [2.45, 2.75) is 38.3 Å². The Hall–Kier alpha value is -3.02. The number of carbonyl (C=O) groups is 2. The Morgan fingerprint density at radius 3 is 2.60 bits per heavy atom. The molecule has 0 aliphatic carbocycles. The van der Waals surface area contributed by atoms with Crippen LogP contribution in [0.2, 0.25) is 0 Å². The monoisotopic (exact) mass is 407 g/mol. The Balaban J connectivity index is 1.42. The van der Waals surface area contributed by atoms with Gasteiger partial charge in [0.25, 0.3) is 5.91 Å². The van der Waals surface area contributed by atoms with Gasteiger partial charge >= 0.3 is 0 Å².